The van der Waals surface area contributed by atoms with Gasteiger partial charge in [0.15, 0.2) is 0 Å². The molecule has 2 aliphatic rings. The fourth-order valence-corrected chi connectivity index (χ4v) is 4.01. The Kier molecular flexibility index (Phi) is 6.61. The smallest absolute Gasteiger partial charge is 0.256 e. The first-order chi connectivity index (χ1) is 15.5. The van der Waals surface area contributed by atoms with Gasteiger partial charge in [-0.2, -0.15) is 0 Å². The van der Waals surface area contributed by atoms with Crippen molar-refractivity contribution < 1.29 is 6.22 Å². The summed E-state index contributed by atoms with van der Waals surface area (Å²) in [6.07, 6.45) is 12.5. The van der Waals surface area contributed by atoms with Gasteiger partial charge in [-0.05, 0) is 55.5 Å². The number of nitrogens with zero attached hydrogens (tertiary/aromatic N) is 4. The van der Waals surface area contributed by atoms with Crippen molar-refractivity contribution in [2.45, 2.75) is 13.3 Å². The molecule has 0 saturated carbocycles. The Morgan fingerprint density at radius 3 is 2.62 bits per heavy atom. The van der Waals surface area contributed by atoms with Crippen LogP contribution in [0.3, 0.4) is 0 Å². The van der Waals surface area contributed by atoms with Crippen LogP contribution in [-0.4, -0.2) is 58.9 Å². The lowest BCUT2D eigenvalue weighted by molar-refractivity contribution is 0.102. The van der Waals surface area contributed by atoms with Crippen LogP contribution < -0.4 is 5.32 Å². The highest BCUT2D eigenvalue weighted by Gasteiger charge is 2.20. The minimum Gasteiger partial charge on any atom is -0.369 e. The molecule has 1 aliphatic carbocycles. The Hall–Kier alpha value is -3.51. The van der Waals surface area contributed by atoms with Crippen molar-refractivity contribution in [3.05, 3.63) is 95.6 Å². The molecule has 1 amide bonds. The highest BCUT2D eigenvalue weighted by molar-refractivity contribution is 6.03. The van der Waals surface area contributed by atoms with E-state index < -0.39 is 0 Å². The molecule has 2 aromatic heterocycles. The van der Waals surface area contributed by atoms with Crippen molar-refractivity contribution in [1.29, 1.82) is 0 Å². The average Bonchev–Trinajstić information content (AvgIpc) is 3.23. The van der Waals surface area contributed by atoms with E-state index >= 15 is 0 Å². The highest BCUT2D eigenvalue weighted by atomic mass is 16.1. The van der Waals surface area contributed by atoms with E-state index in [9.17, 15) is 4.79 Å². The van der Waals surface area contributed by atoms with E-state index in [1.807, 2.05) is 19.1 Å². The lowest BCUT2D eigenvalue weighted by atomic mass is 9.99. The van der Waals surface area contributed by atoms with Gasteiger partial charge in [-0.25, -0.2) is 4.98 Å². The molecular weight excluding hydrogens is 398 g/mol. The van der Waals surface area contributed by atoms with E-state index in [2.05, 4.69) is 58.0 Å². The largest absolute Gasteiger partial charge is 0.369 e. The number of likely N-dealkylation sites (N-methyl/N-ethyl adjacent to an activating group) is 1. The molecule has 0 aromatic carbocycles. The molecule has 6 heteroatoms. The predicted molar refractivity (Wildman–Crippen MR) is 131 cm³/mol. The first-order valence-corrected chi connectivity index (χ1v) is 10.9. The van der Waals surface area contributed by atoms with Gasteiger partial charge in [0.2, 0.25) is 0 Å². The predicted octanol–water partition coefficient (Wildman–Crippen LogP) is 4.18. The van der Waals surface area contributed by atoms with Gasteiger partial charge in [0.25, 0.3) is 5.91 Å². The Bertz CT molecular complexity index is 1100. The summed E-state index contributed by atoms with van der Waals surface area (Å²) >= 11 is 0. The van der Waals surface area contributed by atoms with Crippen LogP contribution in [0.15, 0.2) is 78.8 Å². The maximum atomic E-state index is 12.4. The summed E-state index contributed by atoms with van der Waals surface area (Å²) in [5, 5.41) is 2.88. The second-order valence-corrected chi connectivity index (χ2v) is 8.08. The zero-order valence-electron chi connectivity index (χ0n) is 18.7. The van der Waals surface area contributed by atoms with E-state index in [4.69, 9.17) is 4.98 Å². The quantitative estimate of drug-likeness (QED) is 0.698. The molecule has 1 aliphatic heterocycles. The van der Waals surface area contributed by atoms with E-state index in [0.29, 0.717) is 11.4 Å². The van der Waals surface area contributed by atoms with Crippen molar-refractivity contribution in [2.24, 2.45) is 0 Å². The molecular formula is C26H31N5O. The van der Waals surface area contributed by atoms with E-state index in [0.717, 1.165) is 60.7 Å². The minimum absolute atomic E-state index is 0. The molecule has 0 atom stereocenters. The van der Waals surface area contributed by atoms with Crippen LogP contribution in [0.1, 0.15) is 30.0 Å². The summed E-state index contributed by atoms with van der Waals surface area (Å²) in [7, 11) is 2.15. The fourth-order valence-electron chi connectivity index (χ4n) is 4.01. The number of hydrogen-bond donors (Lipinski definition) is 1. The topological polar surface area (TPSA) is 61.4 Å². The van der Waals surface area contributed by atoms with Gasteiger partial charge < -0.3 is 15.1 Å². The highest BCUT2D eigenvalue weighted by Crippen LogP contribution is 2.34. The number of allylic oxidation sites excluding steroid dienone is 6. The summed E-state index contributed by atoms with van der Waals surface area (Å²) in [5.41, 5.74) is 5.95. The molecule has 0 bridgehead atoms. The van der Waals surface area contributed by atoms with Crippen LogP contribution in [0.4, 0.5) is 5.82 Å². The van der Waals surface area contributed by atoms with Crippen LogP contribution in [0.2, 0.25) is 0 Å². The van der Waals surface area contributed by atoms with Crippen molar-refractivity contribution in [1.82, 2.24) is 19.8 Å². The first-order valence-electron chi connectivity index (χ1n) is 10.9. The molecule has 0 radical (unpaired) electrons. The molecule has 3 heterocycles. The lowest BCUT2D eigenvalue weighted by Crippen LogP contribution is -2.43. The third kappa shape index (κ3) is 4.86. The number of rotatable bonds is 6. The molecule has 6 nitrogen and oxygen atoms in total. The second kappa shape index (κ2) is 9.75. The van der Waals surface area contributed by atoms with Crippen LogP contribution in [-0.2, 0) is 6.42 Å². The monoisotopic (exact) mass is 429 g/mol. The van der Waals surface area contributed by atoms with Gasteiger partial charge in [-0.3, -0.25) is 9.78 Å². The number of pyridine rings is 2. The van der Waals surface area contributed by atoms with Gasteiger partial charge in [0.05, 0.1) is 5.69 Å². The molecule has 1 N–H and O–H groups in total. The van der Waals surface area contributed by atoms with Crippen LogP contribution in [0.25, 0.3) is 5.57 Å². The van der Waals surface area contributed by atoms with Crippen molar-refractivity contribution >= 4 is 17.3 Å². The number of carbonyl (C=O) groups is 1. The van der Waals surface area contributed by atoms with E-state index in [1.54, 1.807) is 24.5 Å². The molecule has 2 aromatic rings. The normalized spacial score (nSPS) is 16.8. The van der Waals surface area contributed by atoms with Gasteiger partial charge in [-0.15, -0.1) is 0 Å². The summed E-state index contributed by atoms with van der Waals surface area (Å²) in [4.78, 5) is 25.8. The standard InChI is InChI=1S/C26H29N5O.H2/c1-4-5-21(18-19(2)31-16-14-30(3)15-17-31)22-6-8-24-23(22)7-9-25(28-24)29-26(32)20-10-12-27-13-11-20;/h4-7,9-13,18H,2,8,14-17H2,1,3H3,(H,28,29,32);1H/b5-4-,21-18+;. The number of carbonyl (C=O) groups excluding carboxylic acids is 1. The number of nitrogens with one attached hydrogen (secondary N) is 1. The third-order valence-electron chi connectivity index (χ3n) is 5.84. The van der Waals surface area contributed by atoms with Crippen LogP contribution >= 0.6 is 0 Å². The van der Waals surface area contributed by atoms with Crippen LogP contribution in [0.5, 0.6) is 0 Å². The number of piperazine rings is 1. The Morgan fingerprint density at radius 1 is 1.16 bits per heavy atom. The molecule has 0 unspecified atom stereocenters. The SMILES string of the molecule is C=C(/C=C(\C=C/C)C1=CCc2nc(NC(=O)c3ccncc3)ccc21)N1CCN(C)CC1.[HH]. The Morgan fingerprint density at radius 2 is 1.91 bits per heavy atom. The zero-order valence-corrected chi connectivity index (χ0v) is 18.7. The summed E-state index contributed by atoms with van der Waals surface area (Å²) in [6, 6.07) is 7.27. The Labute approximate surface area is 191 Å². The molecule has 0 spiro atoms. The van der Waals surface area contributed by atoms with Crippen molar-refractivity contribution in [2.75, 3.05) is 38.5 Å². The maximum absolute atomic E-state index is 12.4. The van der Waals surface area contributed by atoms with Gasteiger partial charge in [-0.1, -0.05) is 24.8 Å². The van der Waals surface area contributed by atoms with Crippen LogP contribution in [0, 0.1) is 0 Å². The van der Waals surface area contributed by atoms with Gasteiger partial charge in [0, 0.05) is 63.2 Å². The molecule has 1 fully saturated rings. The van der Waals surface area contributed by atoms with E-state index in [-0.39, 0.29) is 7.33 Å². The van der Waals surface area contributed by atoms with Gasteiger partial charge >= 0.3 is 0 Å². The number of fused-ring (bicyclic) bond motifs is 1. The third-order valence-corrected chi connectivity index (χ3v) is 5.84. The molecule has 4 rings (SSSR count). The van der Waals surface area contributed by atoms with E-state index in [1.165, 1.54) is 0 Å². The number of aromatic nitrogens is 2. The minimum atomic E-state index is -0.191. The zero-order chi connectivity index (χ0) is 22.5. The first kappa shape index (κ1) is 21.7. The number of anilines is 1. The molecule has 1 saturated heterocycles. The molecule has 32 heavy (non-hydrogen) atoms. The van der Waals surface area contributed by atoms with Gasteiger partial charge in [0.1, 0.15) is 5.82 Å². The number of amides is 1. The van der Waals surface area contributed by atoms with Crippen molar-refractivity contribution in [3.8, 4) is 0 Å². The molecule has 166 valence electrons. The van der Waals surface area contributed by atoms with Crippen molar-refractivity contribution in [3.63, 3.8) is 0 Å². The summed E-state index contributed by atoms with van der Waals surface area (Å²) < 4.78 is 0. The average molecular weight is 430 g/mol. The summed E-state index contributed by atoms with van der Waals surface area (Å²) in [5.74, 6) is 0.364. The fraction of sp³-hybridized carbons (Fsp3) is 0.269. The Balaban J connectivity index is 0.00000306. The number of hydrogen-bond acceptors (Lipinski definition) is 5. The second-order valence-electron chi connectivity index (χ2n) is 8.08. The maximum Gasteiger partial charge on any atom is 0.256 e. The summed E-state index contributed by atoms with van der Waals surface area (Å²) in [6.45, 7) is 10.4. The lowest BCUT2D eigenvalue weighted by Gasteiger charge is -2.34.